The van der Waals surface area contributed by atoms with Crippen LogP contribution in [0, 0.1) is 0 Å². The maximum absolute atomic E-state index is 2.59. The predicted octanol–water partition coefficient (Wildman–Crippen LogP) is 18.4. The maximum atomic E-state index is 2.59. The van der Waals surface area contributed by atoms with Gasteiger partial charge in [-0.15, -0.1) is 0 Å². The van der Waals surface area contributed by atoms with Gasteiger partial charge in [0, 0.05) is 32.7 Å². The molecule has 10 aromatic carbocycles. The monoisotopic (exact) mass is 854 g/mol. The van der Waals surface area contributed by atoms with Gasteiger partial charge in [-0.3, -0.25) is 0 Å². The number of hydrogen-bond donors (Lipinski definition) is 0. The third-order valence-corrected chi connectivity index (χ3v) is 14.0. The SMILES string of the molecule is CC(C)(C)c1cc(-c2ccc(C(C)(C)C)cc2N(c2ccccc2-c2ccccc2)c2ccc3ccc4c(-n5c6ccccc6c6ccccc65)ccc5ccc2c3c54)cc(C(C)(C)C)c1. The highest BCUT2D eigenvalue weighted by molar-refractivity contribution is 6.28. The third kappa shape index (κ3) is 6.85. The van der Waals surface area contributed by atoms with E-state index in [0.29, 0.717) is 0 Å². The van der Waals surface area contributed by atoms with Crippen LogP contribution in [0.5, 0.6) is 0 Å². The van der Waals surface area contributed by atoms with Crippen molar-refractivity contribution in [3.8, 4) is 27.9 Å². The Bertz CT molecular complexity index is 3550. The average molecular weight is 855 g/mol. The van der Waals surface area contributed by atoms with E-state index in [1.165, 1.54) is 98.8 Å². The lowest BCUT2D eigenvalue weighted by Gasteiger charge is -2.33. The summed E-state index contributed by atoms with van der Waals surface area (Å²) in [5.41, 5.74) is 15.7. The van der Waals surface area contributed by atoms with Gasteiger partial charge in [-0.25, -0.2) is 0 Å². The van der Waals surface area contributed by atoms with Crippen molar-refractivity contribution in [3.63, 3.8) is 0 Å². The molecule has 0 atom stereocenters. The molecule has 11 aromatic rings. The van der Waals surface area contributed by atoms with Gasteiger partial charge in [0.15, 0.2) is 0 Å². The van der Waals surface area contributed by atoms with E-state index in [0.717, 1.165) is 17.1 Å². The summed E-state index contributed by atoms with van der Waals surface area (Å²) in [5, 5.41) is 10.1. The lowest BCUT2D eigenvalue weighted by atomic mass is 9.78. The molecule has 0 amide bonds. The van der Waals surface area contributed by atoms with Crippen LogP contribution in [0.3, 0.4) is 0 Å². The van der Waals surface area contributed by atoms with Crippen LogP contribution >= 0.6 is 0 Å². The fourth-order valence-corrected chi connectivity index (χ4v) is 10.3. The molecule has 0 aliphatic carbocycles. The van der Waals surface area contributed by atoms with Crippen LogP contribution in [0.25, 0.3) is 82.1 Å². The van der Waals surface area contributed by atoms with Crippen molar-refractivity contribution in [2.45, 2.75) is 78.6 Å². The lowest BCUT2D eigenvalue weighted by molar-refractivity contribution is 0.569. The predicted molar refractivity (Wildman–Crippen MR) is 286 cm³/mol. The summed E-state index contributed by atoms with van der Waals surface area (Å²) in [6, 6.07) is 70.9. The molecule has 0 fully saturated rings. The zero-order valence-electron chi connectivity index (χ0n) is 39.8. The fourth-order valence-electron chi connectivity index (χ4n) is 10.3. The van der Waals surface area contributed by atoms with Crippen molar-refractivity contribution in [2.24, 2.45) is 0 Å². The minimum absolute atomic E-state index is 0.0364. The molecule has 0 N–H and O–H groups in total. The Hall–Kier alpha value is -7.16. The summed E-state index contributed by atoms with van der Waals surface area (Å²) in [6.07, 6.45) is 0. The molecule has 0 aliphatic heterocycles. The molecule has 0 radical (unpaired) electrons. The van der Waals surface area contributed by atoms with Crippen LogP contribution in [0.4, 0.5) is 17.1 Å². The second-order valence-electron chi connectivity index (χ2n) is 21.5. The van der Waals surface area contributed by atoms with E-state index >= 15 is 0 Å². The van der Waals surface area contributed by atoms with Gasteiger partial charge in [0.25, 0.3) is 0 Å². The van der Waals surface area contributed by atoms with E-state index in [2.05, 4.69) is 260 Å². The summed E-state index contributed by atoms with van der Waals surface area (Å²) in [6.45, 7) is 21.0. The van der Waals surface area contributed by atoms with Crippen LogP contribution in [0.15, 0.2) is 188 Å². The zero-order valence-corrected chi connectivity index (χ0v) is 39.8. The first-order valence-electron chi connectivity index (χ1n) is 23.6. The van der Waals surface area contributed by atoms with Gasteiger partial charge < -0.3 is 9.47 Å². The number of hydrogen-bond acceptors (Lipinski definition) is 1. The highest BCUT2D eigenvalue weighted by atomic mass is 15.1. The molecule has 324 valence electrons. The lowest BCUT2D eigenvalue weighted by Crippen LogP contribution is -2.18. The van der Waals surface area contributed by atoms with E-state index < -0.39 is 0 Å². The van der Waals surface area contributed by atoms with Gasteiger partial charge in [-0.05, 0) is 102 Å². The normalized spacial score (nSPS) is 12.6. The van der Waals surface area contributed by atoms with Gasteiger partial charge >= 0.3 is 0 Å². The standard InChI is InChI=1S/C64H58N2/c1-62(2,3)45-31-34-49(44-37-46(63(4,5)6)39-47(38-44)64(7,8)9)59(40-45)66(54-24-16-13-21-48(54)41-19-11-10-12-20-41)58-36-30-43-27-32-52-57(35-29-42-28-33-53(58)61(43)60(42)52)65-55-25-17-14-22-50(55)51-23-15-18-26-56(51)65/h10-40H,1-9H3. The fraction of sp³-hybridized carbons (Fsp3) is 0.188. The molecule has 0 saturated heterocycles. The molecule has 0 unspecified atom stereocenters. The molecule has 2 nitrogen and oxygen atoms in total. The molecule has 1 aromatic heterocycles. The average Bonchev–Trinajstić information content (AvgIpc) is 3.64. The van der Waals surface area contributed by atoms with Gasteiger partial charge in [0.1, 0.15) is 0 Å². The highest BCUT2D eigenvalue weighted by Crippen LogP contribution is 2.51. The Morgan fingerprint density at radius 1 is 0.333 bits per heavy atom. The van der Waals surface area contributed by atoms with E-state index in [-0.39, 0.29) is 16.2 Å². The van der Waals surface area contributed by atoms with E-state index in [4.69, 9.17) is 0 Å². The Kier molecular flexibility index (Phi) is 9.57. The van der Waals surface area contributed by atoms with E-state index in [1.807, 2.05) is 0 Å². The van der Waals surface area contributed by atoms with Gasteiger partial charge in [-0.1, -0.05) is 214 Å². The van der Waals surface area contributed by atoms with Crippen molar-refractivity contribution < 1.29 is 0 Å². The topological polar surface area (TPSA) is 8.17 Å². The van der Waals surface area contributed by atoms with Crippen LogP contribution < -0.4 is 4.90 Å². The minimum atomic E-state index is -0.0897. The second kappa shape index (κ2) is 15.2. The highest BCUT2D eigenvalue weighted by Gasteiger charge is 2.28. The summed E-state index contributed by atoms with van der Waals surface area (Å²) in [5.74, 6) is 0. The first-order chi connectivity index (χ1) is 31.6. The second-order valence-corrected chi connectivity index (χ2v) is 21.5. The molecular weight excluding hydrogens is 797 g/mol. The molecule has 1 heterocycles. The van der Waals surface area contributed by atoms with Crippen LogP contribution in [-0.2, 0) is 16.2 Å². The summed E-state index contributed by atoms with van der Waals surface area (Å²) in [7, 11) is 0. The molecular formula is C64H58N2. The van der Waals surface area contributed by atoms with E-state index in [9.17, 15) is 0 Å². The smallest absolute Gasteiger partial charge is 0.0543 e. The molecule has 2 heteroatoms. The molecule has 66 heavy (non-hydrogen) atoms. The molecule has 0 bridgehead atoms. The Morgan fingerprint density at radius 2 is 0.848 bits per heavy atom. The zero-order chi connectivity index (χ0) is 45.7. The maximum Gasteiger partial charge on any atom is 0.0543 e. The Morgan fingerprint density at radius 3 is 1.48 bits per heavy atom. The van der Waals surface area contributed by atoms with Gasteiger partial charge in [0.2, 0.25) is 0 Å². The number of aromatic nitrogens is 1. The summed E-state index contributed by atoms with van der Waals surface area (Å²) >= 11 is 0. The Balaban J connectivity index is 1.25. The number of benzene rings is 10. The van der Waals surface area contributed by atoms with Crippen LogP contribution in [-0.4, -0.2) is 4.57 Å². The van der Waals surface area contributed by atoms with Gasteiger partial charge in [0.05, 0.1) is 33.8 Å². The van der Waals surface area contributed by atoms with Crippen LogP contribution in [0.2, 0.25) is 0 Å². The molecule has 0 spiro atoms. The van der Waals surface area contributed by atoms with Crippen LogP contribution in [0.1, 0.15) is 79.0 Å². The molecule has 11 rings (SSSR count). The van der Waals surface area contributed by atoms with Crippen molar-refractivity contribution in [1.29, 1.82) is 0 Å². The van der Waals surface area contributed by atoms with Crippen molar-refractivity contribution in [3.05, 3.63) is 205 Å². The number of anilines is 3. The van der Waals surface area contributed by atoms with Crippen molar-refractivity contribution >= 4 is 71.2 Å². The number of rotatable bonds is 6. The number of fused-ring (bicyclic) bond motifs is 3. The van der Waals surface area contributed by atoms with Gasteiger partial charge in [-0.2, -0.15) is 0 Å². The minimum Gasteiger partial charge on any atom is -0.309 e. The van der Waals surface area contributed by atoms with Crippen molar-refractivity contribution in [1.82, 2.24) is 4.57 Å². The van der Waals surface area contributed by atoms with E-state index in [1.54, 1.807) is 0 Å². The Labute approximate surface area is 390 Å². The van der Waals surface area contributed by atoms with Crippen molar-refractivity contribution in [2.75, 3.05) is 4.90 Å². The largest absolute Gasteiger partial charge is 0.309 e. The number of nitrogens with zero attached hydrogens (tertiary/aromatic N) is 2. The number of para-hydroxylation sites is 3. The first kappa shape index (κ1) is 41.5. The molecule has 0 saturated carbocycles. The third-order valence-electron chi connectivity index (χ3n) is 14.0. The summed E-state index contributed by atoms with van der Waals surface area (Å²) in [4.78, 5) is 2.59. The first-order valence-corrected chi connectivity index (χ1v) is 23.6. The summed E-state index contributed by atoms with van der Waals surface area (Å²) < 4.78 is 2.47. The quantitative estimate of drug-likeness (QED) is 0.151. The molecule has 0 aliphatic rings.